The van der Waals surface area contributed by atoms with Crippen molar-refractivity contribution in [2.75, 3.05) is 18.0 Å². The van der Waals surface area contributed by atoms with Gasteiger partial charge in [-0.25, -0.2) is 9.78 Å². The molecule has 0 radical (unpaired) electrons. The first-order chi connectivity index (χ1) is 14.5. The smallest absolute Gasteiger partial charge is 0.330 e. The lowest BCUT2D eigenvalue weighted by Gasteiger charge is -2.53. The van der Waals surface area contributed by atoms with Gasteiger partial charge in [-0.05, 0) is 56.4 Å². The number of aryl methyl sites for hydroxylation is 1. The maximum absolute atomic E-state index is 13.7. The number of fused-ring (bicyclic) bond motifs is 5. The molecule has 3 aliphatic rings. The Morgan fingerprint density at radius 1 is 1.20 bits per heavy atom. The molecule has 1 aromatic carbocycles. The molecular formula is C23H26N4O3. The van der Waals surface area contributed by atoms with E-state index in [1.54, 1.807) is 0 Å². The molecule has 3 aliphatic heterocycles. The van der Waals surface area contributed by atoms with E-state index >= 15 is 0 Å². The van der Waals surface area contributed by atoms with Crippen LogP contribution in [0.2, 0.25) is 0 Å². The third-order valence-electron chi connectivity index (χ3n) is 6.78. The minimum atomic E-state index is -1.28. The summed E-state index contributed by atoms with van der Waals surface area (Å²) >= 11 is 0. The highest BCUT2D eigenvalue weighted by atomic mass is 16.2. The Morgan fingerprint density at radius 2 is 2.03 bits per heavy atom. The first kappa shape index (κ1) is 19.0. The molecule has 1 aromatic heterocycles. The van der Waals surface area contributed by atoms with Crippen LogP contribution in [-0.2, 0) is 16.0 Å². The summed E-state index contributed by atoms with van der Waals surface area (Å²) in [4.78, 5) is 47.7. The van der Waals surface area contributed by atoms with E-state index in [-0.39, 0.29) is 18.4 Å². The van der Waals surface area contributed by atoms with Gasteiger partial charge in [0.25, 0.3) is 0 Å². The second kappa shape index (κ2) is 6.79. The van der Waals surface area contributed by atoms with Crippen molar-refractivity contribution >= 4 is 34.6 Å². The molecule has 0 bridgehead atoms. The van der Waals surface area contributed by atoms with Crippen LogP contribution < -0.4 is 10.2 Å². The summed E-state index contributed by atoms with van der Waals surface area (Å²) in [6, 6.07) is 7.33. The Labute approximate surface area is 175 Å². The number of nitrogens with zero attached hydrogens (tertiary/aromatic N) is 3. The van der Waals surface area contributed by atoms with Crippen molar-refractivity contribution in [3.8, 4) is 0 Å². The summed E-state index contributed by atoms with van der Waals surface area (Å²) < 4.78 is 0. The van der Waals surface area contributed by atoms with Crippen LogP contribution in [0.3, 0.4) is 0 Å². The topological polar surface area (TPSA) is 82.6 Å². The highest BCUT2D eigenvalue weighted by molar-refractivity contribution is 6.20. The predicted octanol–water partition coefficient (Wildman–Crippen LogP) is 2.93. The molecule has 0 saturated carbocycles. The van der Waals surface area contributed by atoms with Crippen molar-refractivity contribution in [1.29, 1.82) is 0 Å². The van der Waals surface area contributed by atoms with Crippen LogP contribution >= 0.6 is 0 Å². The number of amides is 4. The SMILES string of the molecule is CCCN1C(=O)NC(=O)[C@]2(Cc3cc4cc(C)ccc4nc3N3CCCC[C@@H]32)C1=O. The van der Waals surface area contributed by atoms with Crippen LogP contribution in [0.15, 0.2) is 24.3 Å². The summed E-state index contributed by atoms with van der Waals surface area (Å²) in [6.07, 6.45) is 3.61. The Morgan fingerprint density at radius 3 is 2.83 bits per heavy atom. The van der Waals surface area contributed by atoms with Crippen molar-refractivity contribution in [3.05, 3.63) is 35.4 Å². The Hall–Kier alpha value is -2.96. The molecule has 156 valence electrons. The number of anilines is 1. The summed E-state index contributed by atoms with van der Waals surface area (Å²) in [6.45, 7) is 5.03. The number of carbonyl (C=O) groups is 3. The van der Waals surface area contributed by atoms with Gasteiger partial charge in [0.15, 0.2) is 5.41 Å². The number of nitrogens with one attached hydrogen (secondary N) is 1. The monoisotopic (exact) mass is 406 g/mol. The van der Waals surface area contributed by atoms with Crippen molar-refractivity contribution in [2.45, 2.75) is 52.0 Å². The van der Waals surface area contributed by atoms with Gasteiger partial charge in [0.1, 0.15) is 5.82 Å². The number of piperidine rings is 1. The number of urea groups is 1. The van der Waals surface area contributed by atoms with Gasteiger partial charge in [0.2, 0.25) is 11.8 Å². The molecule has 0 unspecified atom stereocenters. The Balaban J connectivity index is 1.70. The van der Waals surface area contributed by atoms with E-state index in [0.29, 0.717) is 13.0 Å². The first-order valence-corrected chi connectivity index (χ1v) is 10.8. The van der Waals surface area contributed by atoms with Gasteiger partial charge in [0, 0.05) is 24.9 Å². The molecule has 2 atom stereocenters. The third-order valence-corrected chi connectivity index (χ3v) is 6.78. The Kier molecular flexibility index (Phi) is 4.31. The number of hydrogen-bond donors (Lipinski definition) is 1. The van der Waals surface area contributed by atoms with Crippen LogP contribution in [0.4, 0.5) is 10.6 Å². The lowest BCUT2D eigenvalue weighted by atomic mass is 9.66. The van der Waals surface area contributed by atoms with E-state index < -0.39 is 17.4 Å². The maximum Gasteiger partial charge on any atom is 0.330 e. The van der Waals surface area contributed by atoms with E-state index in [2.05, 4.69) is 22.3 Å². The molecule has 2 fully saturated rings. The average molecular weight is 406 g/mol. The van der Waals surface area contributed by atoms with E-state index in [4.69, 9.17) is 4.98 Å². The predicted molar refractivity (Wildman–Crippen MR) is 113 cm³/mol. The minimum Gasteiger partial charge on any atom is -0.352 e. The van der Waals surface area contributed by atoms with Crippen LogP contribution in [0.25, 0.3) is 10.9 Å². The summed E-state index contributed by atoms with van der Waals surface area (Å²) in [7, 11) is 0. The zero-order valence-corrected chi connectivity index (χ0v) is 17.4. The van der Waals surface area contributed by atoms with Gasteiger partial charge < -0.3 is 4.90 Å². The highest BCUT2D eigenvalue weighted by Crippen LogP contribution is 2.47. The van der Waals surface area contributed by atoms with Crippen molar-refractivity contribution < 1.29 is 14.4 Å². The third kappa shape index (κ3) is 2.57. The molecule has 7 heteroatoms. The molecule has 7 nitrogen and oxygen atoms in total. The van der Waals surface area contributed by atoms with E-state index in [0.717, 1.165) is 53.7 Å². The largest absolute Gasteiger partial charge is 0.352 e. The zero-order chi connectivity index (χ0) is 21.0. The molecule has 4 heterocycles. The Bertz CT molecular complexity index is 1080. The number of benzene rings is 1. The molecule has 5 rings (SSSR count). The maximum atomic E-state index is 13.7. The van der Waals surface area contributed by atoms with Crippen molar-refractivity contribution in [2.24, 2.45) is 5.41 Å². The lowest BCUT2D eigenvalue weighted by Crippen LogP contribution is -2.72. The average Bonchev–Trinajstić information content (AvgIpc) is 2.74. The van der Waals surface area contributed by atoms with Crippen LogP contribution in [0.5, 0.6) is 0 Å². The fourth-order valence-electron chi connectivity index (χ4n) is 5.41. The highest BCUT2D eigenvalue weighted by Gasteiger charge is 2.62. The normalized spacial score (nSPS) is 26.1. The first-order valence-electron chi connectivity index (χ1n) is 10.8. The second-order valence-electron chi connectivity index (χ2n) is 8.74. The molecule has 0 aliphatic carbocycles. The van der Waals surface area contributed by atoms with Crippen molar-refractivity contribution in [1.82, 2.24) is 15.2 Å². The zero-order valence-electron chi connectivity index (χ0n) is 17.4. The molecular weight excluding hydrogens is 380 g/mol. The summed E-state index contributed by atoms with van der Waals surface area (Å²) in [5.74, 6) is 0.0583. The van der Waals surface area contributed by atoms with E-state index in [1.807, 2.05) is 26.0 Å². The minimum absolute atomic E-state index is 0.276. The molecule has 1 N–H and O–H groups in total. The number of rotatable bonds is 2. The number of imide groups is 2. The molecule has 30 heavy (non-hydrogen) atoms. The second-order valence-corrected chi connectivity index (χ2v) is 8.74. The number of pyridine rings is 1. The van der Waals surface area contributed by atoms with Gasteiger partial charge in [-0.1, -0.05) is 18.6 Å². The molecule has 2 aromatic rings. The van der Waals surface area contributed by atoms with Gasteiger partial charge >= 0.3 is 6.03 Å². The summed E-state index contributed by atoms with van der Waals surface area (Å²) in [5, 5.41) is 3.50. The quantitative estimate of drug-likeness (QED) is 0.776. The fourth-order valence-corrected chi connectivity index (χ4v) is 5.41. The standard InChI is InChI=1S/C23H26N4O3/c1-3-9-27-21(29)23(20(28)25-22(27)30)13-16-12-15-11-14(2)7-8-17(15)24-19(16)26-10-5-4-6-18(23)26/h7-8,11-12,18H,3-6,9-10,13H2,1-2H3,(H,25,28,30)/t18-,23-/m1/s1. The number of barbiturate groups is 1. The lowest BCUT2D eigenvalue weighted by molar-refractivity contribution is -0.154. The molecule has 1 spiro atoms. The number of carbonyl (C=O) groups excluding carboxylic acids is 3. The van der Waals surface area contributed by atoms with Crippen molar-refractivity contribution in [3.63, 3.8) is 0 Å². The molecule has 2 saturated heterocycles. The summed E-state index contributed by atoms with van der Waals surface area (Å²) in [5.41, 5.74) is 1.68. The van der Waals surface area contributed by atoms with E-state index in [9.17, 15) is 14.4 Å². The fraction of sp³-hybridized carbons (Fsp3) is 0.478. The van der Waals surface area contributed by atoms with Gasteiger partial charge in [-0.2, -0.15) is 0 Å². The van der Waals surface area contributed by atoms with Crippen LogP contribution in [-0.4, -0.2) is 46.9 Å². The van der Waals surface area contributed by atoms with Gasteiger partial charge in [-0.3, -0.25) is 19.8 Å². The van der Waals surface area contributed by atoms with E-state index in [1.165, 1.54) is 4.90 Å². The molecule has 4 amide bonds. The van der Waals surface area contributed by atoms with Crippen LogP contribution in [0.1, 0.15) is 43.7 Å². The number of aromatic nitrogens is 1. The number of hydrogen-bond acceptors (Lipinski definition) is 5. The van der Waals surface area contributed by atoms with Crippen LogP contribution in [0, 0.1) is 12.3 Å². The van der Waals surface area contributed by atoms with Gasteiger partial charge in [-0.15, -0.1) is 0 Å². The van der Waals surface area contributed by atoms with Gasteiger partial charge in [0.05, 0.1) is 11.6 Å².